The highest BCUT2D eigenvalue weighted by Gasteiger charge is 2.12. The van der Waals surface area contributed by atoms with Crippen LogP contribution in [0.15, 0.2) is 70.2 Å². The van der Waals surface area contributed by atoms with Gasteiger partial charge in [-0.15, -0.1) is 0 Å². The zero-order chi connectivity index (χ0) is 22.2. The molecule has 0 heterocycles. The number of nitrogens with zero attached hydrogens (tertiary/aromatic N) is 1. The van der Waals surface area contributed by atoms with Crippen molar-refractivity contribution in [3.8, 4) is 11.5 Å². The van der Waals surface area contributed by atoms with Crippen LogP contribution < -0.4 is 14.9 Å². The summed E-state index contributed by atoms with van der Waals surface area (Å²) >= 11 is 15.5. The molecular formula is C23H19BrCl2N2O3. The van der Waals surface area contributed by atoms with Crippen molar-refractivity contribution in [2.45, 2.75) is 13.0 Å². The molecule has 0 fully saturated rings. The molecule has 0 aromatic heterocycles. The maximum atomic E-state index is 12.1. The molecule has 31 heavy (non-hydrogen) atoms. The molecule has 0 bridgehead atoms. The molecule has 8 heteroatoms. The number of carbonyl (C=O) groups is 1. The first kappa shape index (κ1) is 23.1. The summed E-state index contributed by atoms with van der Waals surface area (Å²) < 4.78 is 12.1. The van der Waals surface area contributed by atoms with Crippen LogP contribution in [0.25, 0.3) is 0 Å². The number of halogens is 3. The van der Waals surface area contributed by atoms with Gasteiger partial charge in [-0.3, -0.25) is 4.79 Å². The van der Waals surface area contributed by atoms with E-state index < -0.39 is 0 Å². The monoisotopic (exact) mass is 520 g/mol. The molecule has 0 spiro atoms. The van der Waals surface area contributed by atoms with Gasteiger partial charge in [0, 0.05) is 15.6 Å². The van der Waals surface area contributed by atoms with Crippen molar-refractivity contribution < 1.29 is 14.3 Å². The average molecular weight is 522 g/mol. The van der Waals surface area contributed by atoms with E-state index >= 15 is 0 Å². The van der Waals surface area contributed by atoms with E-state index in [0.29, 0.717) is 32.6 Å². The van der Waals surface area contributed by atoms with Gasteiger partial charge in [-0.1, -0.05) is 53.5 Å². The second-order valence-electron chi connectivity index (χ2n) is 6.51. The van der Waals surface area contributed by atoms with Crippen LogP contribution in [-0.2, 0) is 17.8 Å². The van der Waals surface area contributed by atoms with Crippen molar-refractivity contribution in [1.82, 2.24) is 5.43 Å². The lowest BCUT2D eigenvalue weighted by Crippen LogP contribution is -2.19. The number of methoxy groups -OCH3 is 1. The van der Waals surface area contributed by atoms with Gasteiger partial charge in [0.25, 0.3) is 0 Å². The minimum atomic E-state index is -0.232. The fraction of sp³-hybridized carbons (Fsp3) is 0.130. The van der Waals surface area contributed by atoms with Crippen LogP contribution in [0.3, 0.4) is 0 Å². The maximum absolute atomic E-state index is 12.1. The number of rotatable bonds is 8. The van der Waals surface area contributed by atoms with Crippen LogP contribution in [0.4, 0.5) is 0 Å². The number of benzene rings is 3. The molecule has 0 unspecified atom stereocenters. The van der Waals surface area contributed by atoms with Gasteiger partial charge in [-0.25, -0.2) is 5.43 Å². The van der Waals surface area contributed by atoms with Gasteiger partial charge in [-0.05, 0) is 57.4 Å². The topological polar surface area (TPSA) is 59.9 Å². The molecule has 0 aliphatic carbocycles. The van der Waals surface area contributed by atoms with Crippen LogP contribution in [-0.4, -0.2) is 19.2 Å². The zero-order valence-corrected chi connectivity index (χ0v) is 19.7. The molecule has 3 aromatic carbocycles. The SMILES string of the molecule is COc1cc(/C=N\NC(=O)Cc2ccc(Cl)cc2)cc(Br)c1OCc1ccccc1Cl. The molecule has 3 aromatic rings. The Bertz CT molecular complexity index is 1090. The Morgan fingerprint density at radius 1 is 1.13 bits per heavy atom. The number of amides is 1. The smallest absolute Gasteiger partial charge is 0.244 e. The first-order valence-electron chi connectivity index (χ1n) is 9.26. The molecule has 0 radical (unpaired) electrons. The molecular weight excluding hydrogens is 503 g/mol. The summed E-state index contributed by atoms with van der Waals surface area (Å²) in [5, 5.41) is 5.28. The predicted molar refractivity (Wildman–Crippen MR) is 127 cm³/mol. The number of nitrogens with one attached hydrogen (secondary N) is 1. The van der Waals surface area contributed by atoms with Crippen LogP contribution in [0.5, 0.6) is 11.5 Å². The third kappa shape index (κ3) is 6.72. The molecule has 1 amide bonds. The van der Waals surface area contributed by atoms with Crippen molar-refractivity contribution in [1.29, 1.82) is 0 Å². The van der Waals surface area contributed by atoms with Gasteiger partial charge in [0.05, 0.1) is 24.2 Å². The molecule has 0 atom stereocenters. The fourth-order valence-electron chi connectivity index (χ4n) is 2.73. The molecule has 0 saturated carbocycles. The van der Waals surface area contributed by atoms with Crippen molar-refractivity contribution in [2.24, 2.45) is 5.10 Å². The molecule has 0 aliphatic heterocycles. The minimum Gasteiger partial charge on any atom is -0.493 e. The molecule has 3 rings (SSSR count). The number of hydrazone groups is 1. The van der Waals surface area contributed by atoms with Gasteiger partial charge >= 0.3 is 0 Å². The summed E-state index contributed by atoms with van der Waals surface area (Å²) in [6.45, 7) is 0.294. The standard InChI is InChI=1S/C23H19BrCl2N2O3/c1-30-21-11-16(13-27-28-22(29)12-15-6-8-18(25)9-7-15)10-19(24)23(21)31-14-17-4-2-3-5-20(17)26/h2-11,13H,12,14H2,1H3,(H,28,29)/b27-13-. The van der Waals surface area contributed by atoms with Gasteiger partial charge in [0.2, 0.25) is 5.91 Å². The maximum Gasteiger partial charge on any atom is 0.244 e. The summed E-state index contributed by atoms with van der Waals surface area (Å²) in [6, 6.07) is 18.1. The fourth-order valence-corrected chi connectivity index (χ4v) is 3.62. The lowest BCUT2D eigenvalue weighted by Gasteiger charge is -2.14. The molecule has 5 nitrogen and oxygen atoms in total. The first-order chi connectivity index (χ1) is 15.0. The summed E-state index contributed by atoms with van der Waals surface area (Å²) in [5.74, 6) is 0.839. The van der Waals surface area contributed by atoms with Crippen molar-refractivity contribution in [3.63, 3.8) is 0 Å². The Kier molecular flexibility index (Phi) is 8.35. The van der Waals surface area contributed by atoms with Crippen molar-refractivity contribution >= 4 is 51.3 Å². The molecule has 160 valence electrons. The highest BCUT2D eigenvalue weighted by Crippen LogP contribution is 2.37. The third-order valence-electron chi connectivity index (χ3n) is 4.26. The number of ether oxygens (including phenoxy) is 2. The Balaban J connectivity index is 1.64. The van der Waals surface area contributed by atoms with Gasteiger partial charge < -0.3 is 9.47 Å². The number of hydrogen-bond acceptors (Lipinski definition) is 4. The Morgan fingerprint density at radius 2 is 1.87 bits per heavy atom. The molecule has 1 N–H and O–H groups in total. The van der Waals surface area contributed by atoms with Crippen LogP contribution in [0, 0.1) is 0 Å². The van der Waals surface area contributed by atoms with E-state index in [1.165, 1.54) is 6.21 Å². The second-order valence-corrected chi connectivity index (χ2v) is 8.21. The Labute approximate surface area is 199 Å². The van der Waals surface area contributed by atoms with E-state index in [4.69, 9.17) is 32.7 Å². The van der Waals surface area contributed by atoms with Gasteiger partial charge in [0.15, 0.2) is 11.5 Å². The summed E-state index contributed by atoms with van der Waals surface area (Å²) in [6.07, 6.45) is 1.74. The Morgan fingerprint density at radius 3 is 2.58 bits per heavy atom. The van der Waals surface area contributed by atoms with Crippen LogP contribution in [0.1, 0.15) is 16.7 Å². The van der Waals surface area contributed by atoms with Crippen LogP contribution >= 0.6 is 39.1 Å². The normalized spacial score (nSPS) is 10.8. The summed E-state index contributed by atoms with van der Waals surface area (Å²) in [7, 11) is 1.55. The van der Waals surface area contributed by atoms with E-state index in [1.807, 2.05) is 30.3 Å². The van der Waals surface area contributed by atoms with E-state index in [9.17, 15) is 4.79 Å². The Hall–Kier alpha value is -2.54. The van der Waals surface area contributed by atoms with E-state index in [2.05, 4.69) is 26.5 Å². The molecule has 0 saturated heterocycles. The zero-order valence-electron chi connectivity index (χ0n) is 16.6. The lowest BCUT2D eigenvalue weighted by molar-refractivity contribution is -0.120. The van der Waals surface area contributed by atoms with E-state index in [0.717, 1.165) is 16.7 Å². The highest BCUT2D eigenvalue weighted by atomic mass is 79.9. The first-order valence-corrected chi connectivity index (χ1v) is 10.8. The quantitative estimate of drug-likeness (QED) is 0.290. The largest absolute Gasteiger partial charge is 0.493 e. The van der Waals surface area contributed by atoms with E-state index in [1.54, 1.807) is 37.4 Å². The van der Waals surface area contributed by atoms with Crippen LogP contribution in [0.2, 0.25) is 10.0 Å². The van der Waals surface area contributed by atoms with Gasteiger partial charge in [0.1, 0.15) is 6.61 Å². The second kappa shape index (κ2) is 11.2. The third-order valence-corrected chi connectivity index (χ3v) is 5.47. The summed E-state index contributed by atoms with van der Waals surface area (Å²) in [5.41, 5.74) is 4.95. The predicted octanol–water partition coefficient (Wildman–Crippen LogP) is 6.04. The van der Waals surface area contributed by atoms with Crippen molar-refractivity contribution in [2.75, 3.05) is 7.11 Å². The summed E-state index contributed by atoms with van der Waals surface area (Å²) in [4.78, 5) is 12.1. The number of hydrogen-bond donors (Lipinski definition) is 1. The van der Waals surface area contributed by atoms with E-state index in [-0.39, 0.29) is 12.3 Å². The highest BCUT2D eigenvalue weighted by molar-refractivity contribution is 9.10. The lowest BCUT2D eigenvalue weighted by atomic mass is 10.1. The molecule has 0 aliphatic rings. The van der Waals surface area contributed by atoms with Gasteiger partial charge in [-0.2, -0.15) is 5.10 Å². The minimum absolute atomic E-state index is 0.205. The average Bonchev–Trinajstić information content (AvgIpc) is 2.75. The number of carbonyl (C=O) groups excluding carboxylic acids is 1. The van der Waals surface area contributed by atoms with Crippen molar-refractivity contribution in [3.05, 3.63) is 91.9 Å².